The molecule has 1 N–H and O–H groups in total. The Morgan fingerprint density at radius 1 is 1.64 bits per heavy atom. The SMILES string of the molecule is C.C=CC(=O)OCNC(C)=O. The van der Waals surface area contributed by atoms with Gasteiger partial charge in [-0.3, -0.25) is 4.79 Å². The first-order chi connectivity index (χ1) is 4.66. The quantitative estimate of drug-likeness (QED) is 0.369. The van der Waals surface area contributed by atoms with E-state index in [-0.39, 0.29) is 20.1 Å². The lowest BCUT2D eigenvalue weighted by molar-refractivity contribution is -0.139. The van der Waals surface area contributed by atoms with Crippen LogP contribution in [0.3, 0.4) is 0 Å². The highest BCUT2D eigenvalue weighted by Crippen LogP contribution is 1.74. The van der Waals surface area contributed by atoms with Gasteiger partial charge in [-0.25, -0.2) is 4.79 Å². The monoisotopic (exact) mass is 159 g/mol. The van der Waals surface area contributed by atoms with Gasteiger partial charge >= 0.3 is 5.97 Å². The Balaban J connectivity index is 0. The van der Waals surface area contributed by atoms with Gasteiger partial charge in [-0.1, -0.05) is 14.0 Å². The van der Waals surface area contributed by atoms with Crippen LogP contribution in [0, 0.1) is 0 Å². The van der Waals surface area contributed by atoms with Crippen molar-refractivity contribution in [3.8, 4) is 0 Å². The van der Waals surface area contributed by atoms with E-state index in [1.807, 2.05) is 0 Å². The minimum Gasteiger partial charge on any atom is -0.441 e. The van der Waals surface area contributed by atoms with E-state index in [4.69, 9.17) is 0 Å². The van der Waals surface area contributed by atoms with Crippen LogP contribution in [-0.2, 0) is 14.3 Å². The molecule has 0 saturated heterocycles. The summed E-state index contributed by atoms with van der Waals surface area (Å²) in [5, 5.41) is 2.28. The second-order valence-electron chi connectivity index (χ2n) is 1.54. The van der Waals surface area contributed by atoms with Gasteiger partial charge in [0.05, 0.1) is 0 Å². The first-order valence-electron chi connectivity index (χ1n) is 2.70. The number of esters is 1. The Bertz CT molecular complexity index is 154. The molecule has 0 spiro atoms. The van der Waals surface area contributed by atoms with Crippen LogP contribution in [-0.4, -0.2) is 18.6 Å². The zero-order valence-electron chi connectivity index (χ0n) is 5.72. The molecule has 0 aromatic heterocycles. The Labute approximate surface area is 66.2 Å². The van der Waals surface area contributed by atoms with Gasteiger partial charge in [-0.05, 0) is 0 Å². The van der Waals surface area contributed by atoms with E-state index in [9.17, 15) is 9.59 Å². The normalized spacial score (nSPS) is 7.36. The smallest absolute Gasteiger partial charge is 0.331 e. The van der Waals surface area contributed by atoms with E-state index in [1.165, 1.54) is 6.92 Å². The first-order valence-corrected chi connectivity index (χ1v) is 2.70. The molecule has 0 aromatic carbocycles. The molecule has 1 amide bonds. The molecule has 11 heavy (non-hydrogen) atoms. The lowest BCUT2D eigenvalue weighted by Gasteiger charge is -2.00. The summed E-state index contributed by atoms with van der Waals surface area (Å²) in [5.74, 6) is -0.786. The largest absolute Gasteiger partial charge is 0.441 e. The van der Waals surface area contributed by atoms with E-state index < -0.39 is 5.97 Å². The fourth-order valence-corrected chi connectivity index (χ4v) is 0.268. The number of carbonyl (C=O) groups is 2. The molecule has 4 nitrogen and oxygen atoms in total. The van der Waals surface area contributed by atoms with Crippen molar-refractivity contribution in [2.24, 2.45) is 0 Å². The van der Waals surface area contributed by atoms with Gasteiger partial charge < -0.3 is 10.1 Å². The van der Waals surface area contributed by atoms with Crippen LogP contribution in [0.5, 0.6) is 0 Å². The zero-order valence-corrected chi connectivity index (χ0v) is 5.72. The molecular formula is C7H13NO3. The van der Waals surface area contributed by atoms with E-state index in [1.54, 1.807) is 0 Å². The maximum atomic E-state index is 10.3. The number of ether oxygens (including phenoxy) is 1. The van der Waals surface area contributed by atoms with Gasteiger partial charge in [-0.15, -0.1) is 0 Å². The molecule has 0 radical (unpaired) electrons. The average Bonchev–Trinajstić information content (AvgIpc) is 1.87. The number of amides is 1. The van der Waals surface area contributed by atoms with Gasteiger partial charge in [0.1, 0.15) is 0 Å². The second kappa shape index (κ2) is 6.80. The summed E-state index contributed by atoms with van der Waals surface area (Å²) in [4.78, 5) is 20.5. The Kier molecular flexibility index (Phi) is 7.64. The van der Waals surface area contributed by atoms with Crippen LogP contribution in [0.15, 0.2) is 12.7 Å². The van der Waals surface area contributed by atoms with Gasteiger partial charge in [0.2, 0.25) is 5.91 Å². The number of nitrogens with one attached hydrogen (secondary N) is 1. The maximum Gasteiger partial charge on any atom is 0.331 e. The van der Waals surface area contributed by atoms with Crippen molar-refractivity contribution >= 4 is 11.9 Å². The van der Waals surface area contributed by atoms with Gasteiger partial charge in [-0.2, -0.15) is 0 Å². The van der Waals surface area contributed by atoms with Crippen molar-refractivity contribution in [3.63, 3.8) is 0 Å². The first kappa shape index (κ1) is 12.4. The molecule has 0 atom stereocenters. The summed E-state index contributed by atoms with van der Waals surface area (Å²) in [5.41, 5.74) is 0. The number of carbonyl (C=O) groups excluding carboxylic acids is 2. The highest BCUT2D eigenvalue weighted by molar-refractivity contribution is 5.81. The van der Waals surface area contributed by atoms with Crippen LogP contribution in [0.1, 0.15) is 14.4 Å². The molecule has 0 aliphatic rings. The molecule has 4 heteroatoms. The number of rotatable bonds is 3. The molecule has 0 aliphatic carbocycles. The highest BCUT2D eigenvalue weighted by Gasteiger charge is 1.93. The van der Waals surface area contributed by atoms with Gasteiger partial charge in [0, 0.05) is 13.0 Å². The lowest BCUT2D eigenvalue weighted by atomic mass is 10.7. The predicted molar refractivity (Wildman–Crippen MR) is 41.7 cm³/mol. The number of hydrogen-bond acceptors (Lipinski definition) is 3. The second-order valence-corrected chi connectivity index (χ2v) is 1.54. The molecule has 0 fully saturated rings. The van der Waals surface area contributed by atoms with Crippen molar-refractivity contribution in [1.82, 2.24) is 5.32 Å². The summed E-state index contributed by atoms with van der Waals surface area (Å²) in [6.45, 7) is 4.41. The van der Waals surface area contributed by atoms with E-state index in [0.29, 0.717) is 0 Å². The van der Waals surface area contributed by atoms with Crippen LogP contribution in [0.25, 0.3) is 0 Å². The molecule has 0 saturated carbocycles. The van der Waals surface area contributed by atoms with Crippen LogP contribution < -0.4 is 5.32 Å². The fraction of sp³-hybridized carbons (Fsp3) is 0.429. The topological polar surface area (TPSA) is 55.4 Å². The van der Waals surface area contributed by atoms with E-state index >= 15 is 0 Å². The van der Waals surface area contributed by atoms with Crippen LogP contribution in [0.2, 0.25) is 0 Å². The summed E-state index contributed by atoms with van der Waals surface area (Å²) in [6, 6.07) is 0. The predicted octanol–water partition coefficient (Wildman–Crippen LogP) is 0.445. The van der Waals surface area contributed by atoms with Crippen molar-refractivity contribution in [3.05, 3.63) is 12.7 Å². The standard InChI is InChI=1S/C6H9NO3.CH4/c1-3-6(9)10-4-7-5(2)8;/h3H,1,4H2,2H3,(H,7,8);1H4. The third-order valence-electron chi connectivity index (χ3n) is 0.702. The molecule has 0 aromatic rings. The van der Waals surface area contributed by atoms with Crippen molar-refractivity contribution in [1.29, 1.82) is 0 Å². The summed E-state index contributed by atoms with van der Waals surface area (Å²) < 4.78 is 4.41. The molecule has 0 bridgehead atoms. The third kappa shape index (κ3) is 8.68. The van der Waals surface area contributed by atoms with Crippen LogP contribution >= 0.6 is 0 Å². The summed E-state index contributed by atoms with van der Waals surface area (Å²) in [6.07, 6.45) is 1.03. The molecule has 64 valence electrons. The Hall–Kier alpha value is -1.32. The summed E-state index contributed by atoms with van der Waals surface area (Å²) in [7, 11) is 0. The van der Waals surface area contributed by atoms with Crippen LogP contribution in [0.4, 0.5) is 0 Å². The Morgan fingerprint density at radius 2 is 2.18 bits per heavy atom. The van der Waals surface area contributed by atoms with E-state index in [2.05, 4.69) is 16.6 Å². The van der Waals surface area contributed by atoms with Crippen molar-refractivity contribution in [2.45, 2.75) is 14.4 Å². The maximum absolute atomic E-state index is 10.3. The number of hydrogen-bond donors (Lipinski definition) is 1. The average molecular weight is 159 g/mol. The molecule has 0 unspecified atom stereocenters. The van der Waals surface area contributed by atoms with Crippen molar-refractivity contribution < 1.29 is 14.3 Å². The molecular weight excluding hydrogens is 146 g/mol. The molecule has 0 aliphatic heterocycles. The minimum absolute atomic E-state index is 0. The minimum atomic E-state index is -0.547. The molecule has 0 heterocycles. The Morgan fingerprint density at radius 3 is 2.55 bits per heavy atom. The molecule has 0 rings (SSSR count). The zero-order chi connectivity index (χ0) is 7.98. The fourth-order valence-electron chi connectivity index (χ4n) is 0.268. The van der Waals surface area contributed by atoms with Crippen molar-refractivity contribution in [2.75, 3.05) is 6.73 Å². The van der Waals surface area contributed by atoms with E-state index in [0.717, 1.165) is 6.08 Å². The summed E-state index contributed by atoms with van der Waals surface area (Å²) >= 11 is 0. The van der Waals surface area contributed by atoms with Gasteiger partial charge in [0.25, 0.3) is 0 Å². The third-order valence-corrected chi connectivity index (χ3v) is 0.702. The highest BCUT2D eigenvalue weighted by atomic mass is 16.5. The van der Waals surface area contributed by atoms with Gasteiger partial charge in [0.15, 0.2) is 6.73 Å². The lowest BCUT2D eigenvalue weighted by Crippen LogP contribution is -2.24.